The molecule has 0 fully saturated rings. The molecule has 0 aliphatic heterocycles. The van der Waals surface area contributed by atoms with Gasteiger partial charge in [-0.15, -0.1) is 23.7 Å². The van der Waals surface area contributed by atoms with E-state index < -0.39 is 0 Å². The average Bonchev–Trinajstić information content (AvgIpc) is 2.72. The van der Waals surface area contributed by atoms with Gasteiger partial charge in [0.05, 0.1) is 10.4 Å². The van der Waals surface area contributed by atoms with Crippen LogP contribution in [0.25, 0.3) is 0 Å². The summed E-state index contributed by atoms with van der Waals surface area (Å²) >= 11 is 1.48. The predicted molar refractivity (Wildman–Crippen MR) is 76.1 cm³/mol. The molecule has 0 bridgehead atoms. The Balaban J connectivity index is 0.00000256. The minimum Gasteiger partial charge on any atom is -0.345 e. The molecule has 3 N–H and O–H groups in total. The SMILES string of the molecule is CCC(CC)(CN)NC(=O)c1sccc1C.Cl. The first kappa shape index (κ1) is 16.4. The maximum absolute atomic E-state index is 12.1. The van der Waals surface area contributed by atoms with Crippen LogP contribution in [0.2, 0.25) is 0 Å². The third kappa shape index (κ3) is 3.69. The van der Waals surface area contributed by atoms with Crippen molar-refractivity contribution in [2.75, 3.05) is 6.54 Å². The van der Waals surface area contributed by atoms with Gasteiger partial charge in [0, 0.05) is 6.54 Å². The lowest BCUT2D eigenvalue weighted by atomic mass is 9.93. The number of carbonyl (C=O) groups is 1. The Morgan fingerprint density at radius 3 is 2.41 bits per heavy atom. The number of hydrogen-bond acceptors (Lipinski definition) is 3. The van der Waals surface area contributed by atoms with Crippen molar-refractivity contribution in [2.24, 2.45) is 5.73 Å². The van der Waals surface area contributed by atoms with E-state index in [-0.39, 0.29) is 23.9 Å². The Morgan fingerprint density at radius 1 is 1.47 bits per heavy atom. The van der Waals surface area contributed by atoms with Crippen molar-refractivity contribution in [1.29, 1.82) is 0 Å². The number of carbonyl (C=O) groups excluding carboxylic acids is 1. The summed E-state index contributed by atoms with van der Waals surface area (Å²) in [6.07, 6.45) is 1.71. The summed E-state index contributed by atoms with van der Waals surface area (Å²) in [6, 6.07) is 1.96. The lowest BCUT2D eigenvalue weighted by molar-refractivity contribution is 0.0899. The van der Waals surface area contributed by atoms with E-state index in [1.165, 1.54) is 11.3 Å². The molecule has 0 atom stereocenters. The molecular formula is C12H21ClN2OS. The first-order valence-electron chi connectivity index (χ1n) is 5.65. The lowest BCUT2D eigenvalue weighted by Gasteiger charge is -2.31. The van der Waals surface area contributed by atoms with Gasteiger partial charge >= 0.3 is 0 Å². The third-order valence-electron chi connectivity index (χ3n) is 3.19. The number of nitrogens with one attached hydrogen (secondary N) is 1. The summed E-state index contributed by atoms with van der Waals surface area (Å²) in [7, 11) is 0. The second kappa shape index (κ2) is 6.99. The highest BCUT2D eigenvalue weighted by Crippen LogP contribution is 2.19. The van der Waals surface area contributed by atoms with E-state index in [9.17, 15) is 4.79 Å². The number of halogens is 1. The van der Waals surface area contributed by atoms with Gasteiger partial charge in [-0.3, -0.25) is 4.79 Å². The first-order valence-corrected chi connectivity index (χ1v) is 6.53. The van der Waals surface area contributed by atoms with Gasteiger partial charge < -0.3 is 11.1 Å². The fraction of sp³-hybridized carbons (Fsp3) is 0.583. The molecule has 0 saturated heterocycles. The van der Waals surface area contributed by atoms with Gasteiger partial charge in [0.15, 0.2) is 0 Å². The summed E-state index contributed by atoms with van der Waals surface area (Å²) in [5.41, 5.74) is 6.53. The zero-order valence-electron chi connectivity index (χ0n) is 10.6. The van der Waals surface area contributed by atoms with Gasteiger partial charge in [-0.1, -0.05) is 13.8 Å². The molecule has 0 saturated carbocycles. The highest BCUT2D eigenvalue weighted by molar-refractivity contribution is 7.12. The minimum absolute atomic E-state index is 0. The molecule has 1 aromatic rings. The van der Waals surface area contributed by atoms with E-state index in [2.05, 4.69) is 19.2 Å². The van der Waals surface area contributed by atoms with Gasteiger partial charge in [-0.25, -0.2) is 0 Å². The largest absolute Gasteiger partial charge is 0.345 e. The summed E-state index contributed by atoms with van der Waals surface area (Å²) < 4.78 is 0. The summed E-state index contributed by atoms with van der Waals surface area (Å²) in [5, 5.41) is 5.01. The summed E-state index contributed by atoms with van der Waals surface area (Å²) in [5.74, 6) is 0.00153. The van der Waals surface area contributed by atoms with Crippen LogP contribution < -0.4 is 11.1 Å². The number of rotatable bonds is 5. The van der Waals surface area contributed by atoms with Crippen LogP contribution >= 0.6 is 23.7 Å². The Bertz CT molecular complexity index is 353. The average molecular weight is 277 g/mol. The van der Waals surface area contributed by atoms with E-state index >= 15 is 0 Å². The molecule has 3 nitrogen and oxygen atoms in total. The van der Waals surface area contributed by atoms with Gasteiger partial charge in [0.1, 0.15) is 0 Å². The molecule has 1 heterocycles. The van der Waals surface area contributed by atoms with Crippen molar-refractivity contribution in [2.45, 2.75) is 39.2 Å². The summed E-state index contributed by atoms with van der Waals surface area (Å²) in [6.45, 7) is 6.54. The molecule has 0 aliphatic carbocycles. The van der Waals surface area contributed by atoms with E-state index in [4.69, 9.17) is 5.73 Å². The second-order valence-corrected chi connectivity index (χ2v) is 4.99. The Morgan fingerprint density at radius 2 is 2.06 bits per heavy atom. The molecule has 1 amide bonds. The highest BCUT2D eigenvalue weighted by Gasteiger charge is 2.27. The number of aryl methyl sites for hydroxylation is 1. The Labute approximate surface area is 113 Å². The zero-order chi connectivity index (χ0) is 12.2. The number of nitrogens with two attached hydrogens (primary N) is 1. The number of thiophene rings is 1. The Kier molecular flexibility index (Phi) is 6.75. The molecule has 1 aromatic heterocycles. The van der Waals surface area contributed by atoms with Gasteiger partial charge in [-0.2, -0.15) is 0 Å². The molecule has 5 heteroatoms. The van der Waals surface area contributed by atoms with Crippen LogP contribution in [0.5, 0.6) is 0 Å². The summed E-state index contributed by atoms with van der Waals surface area (Å²) in [4.78, 5) is 12.9. The molecule has 17 heavy (non-hydrogen) atoms. The van der Waals surface area contributed by atoms with Crippen LogP contribution in [0.4, 0.5) is 0 Å². The number of amides is 1. The minimum atomic E-state index is -0.256. The van der Waals surface area contributed by atoms with Crippen molar-refractivity contribution in [3.8, 4) is 0 Å². The molecule has 1 rings (SSSR count). The smallest absolute Gasteiger partial charge is 0.262 e. The molecule has 0 aliphatic rings. The van der Waals surface area contributed by atoms with Crippen molar-refractivity contribution >= 4 is 29.7 Å². The third-order valence-corrected chi connectivity index (χ3v) is 4.21. The van der Waals surface area contributed by atoms with Crippen molar-refractivity contribution in [3.05, 3.63) is 21.9 Å². The predicted octanol–water partition coefficient (Wildman–Crippen LogP) is 2.73. The van der Waals surface area contributed by atoms with Crippen LogP contribution in [0.1, 0.15) is 41.9 Å². The van der Waals surface area contributed by atoms with Crippen molar-refractivity contribution in [3.63, 3.8) is 0 Å². The number of hydrogen-bond donors (Lipinski definition) is 2. The van der Waals surface area contributed by atoms with Gasteiger partial charge in [-0.05, 0) is 36.8 Å². The van der Waals surface area contributed by atoms with Crippen LogP contribution in [0.15, 0.2) is 11.4 Å². The maximum Gasteiger partial charge on any atom is 0.262 e. The van der Waals surface area contributed by atoms with E-state index in [0.29, 0.717) is 6.54 Å². The van der Waals surface area contributed by atoms with E-state index in [1.807, 2.05) is 18.4 Å². The lowest BCUT2D eigenvalue weighted by Crippen LogP contribution is -2.52. The second-order valence-electron chi connectivity index (χ2n) is 4.08. The van der Waals surface area contributed by atoms with Crippen LogP contribution in [0.3, 0.4) is 0 Å². The van der Waals surface area contributed by atoms with E-state index in [0.717, 1.165) is 23.3 Å². The van der Waals surface area contributed by atoms with E-state index in [1.54, 1.807) is 0 Å². The quantitative estimate of drug-likeness (QED) is 0.869. The van der Waals surface area contributed by atoms with Crippen LogP contribution in [-0.4, -0.2) is 18.0 Å². The molecule has 98 valence electrons. The molecule has 0 unspecified atom stereocenters. The molecular weight excluding hydrogens is 256 g/mol. The zero-order valence-corrected chi connectivity index (χ0v) is 12.2. The van der Waals surface area contributed by atoms with Gasteiger partial charge in [0.25, 0.3) is 5.91 Å². The van der Waals surface area contributed by atoms with Crippen molar-refractivity contribution in [1.82, 2.24) is 5.32 Å². The van der Waals surface area contributed by atoms with Gasteiger partial charge in [0.2, 0.25) is 0 Å². The van der Waals surface area contributed by atoms with Crippen molar-refractivity contribution < 1.29 is 4.79 Å². The molecule has 0 radical (unpaired) electrons. The van der Waals surface area contributed by atoms with Crippen LogP contribution in [-0.2, 0) is 0 Å². The van der Waals surface area contributed by atoms with Crippen LogP contribution in [0, 0.1) is 6.92 Å². The Hall–Kier alpha value is -0.580. The fourth-order valence-electron chi connectivity index (χ4n) is 1.67. The fourth-order valence-corrected chi connectivity index (χ4v) is 2.49. The monoisotopic (exact) mass is 276 g/mol. The maximum atomic E-state index is 12.1. The topological polar surface area (TPSA) is 55.1 Å². The molecule has 0 spiro atoms. The standard InChI is InChI=1S/C12H20N2OS.ClH/c1-4-12(5-2,8-13)14-11(15)10-9(3)6-7-16-10;/h6-7H,4-5,8,13H2,1-3H3,(H,14,15);1H. The normalized spacial score (nSPS) is 10.8. The highest BCUT2D eigenvalue weighted by atomic mass is 35.5. The molecule has 0 aromatic carbocycles. The first-order chi connectivity index (χ1) is 7.58.